The Kier molecular flexibility index (Phi) is 3.26. The van der Waals surface area contributed by atoms with E-state index in [1.54, 1.807) is 0 Å². The zero-order chi connectivity index (χ0) is 10.8. The van der Waals surface area contributed by atoms with Crippen molar-refractivity contribution in [1.29, 1.82) is 0 Å². The van der Waals surface area contributed by atoms with Gasteiger partial charge in [0.15, 0.2) is 0 Å². The molecule has 2 fully saturated rings. The molecule has 86 valence electrons. The van der Waals surface area contributed by atoms with Gasteiger partial charge in [0, 0.05) is 25.7 Å². The van der Waals surface area contributed by atoms with Gasteiger partial charge in [-0.05, 0) is 32.9 Å². The van der Waals surface area contributed by atoms with Crippen molar-refractivity contribution in [3.8, 4) is 0 Å². The molecule has 0 saturated carbocycles. The average molecular weight is 211 g/mol. The lowest BCUT2D eigenvalue weighted by atomic mass is 10.0. The van der Waals surface area contributed by atoms with Crippen molar-refractivity contribution in [3.63, 3.8) is 0 Å². The lowest BCUT2D eigenvalue weighted by Crippen LogP contribution is -2.45. The highest BCUT2D eigenvalue weighted by molar-refractivity contribution is 5.79. The molecular weight excluding hydrogens is 190 g/mol. The molecule has 0 spiro atoms. The second-order valence-corrected chi connectivity index (χ2v) is 4.91. The van der Waals surface area contributed by atoms with Crippen LogP contribution < -0.4 is 5.73 Å². The van der Waals surface area contributed by atoms with Crippen LogP contribution in [0, 0.1) is 5.92 Å². The lowest BCUT2D eigenvalue weighted by Gasteiger charge is -2.32. The molecule has 0 radical (unpaired) electrons. The Morgan fingerprint density at radius 3 is 2.40 bits per heavy atom. The standard InChI is InChI=1S/C11H21N3O/c1-13-5-2-9(8-13)11(15)14-6-3-10(12)4-7-14/h9-10H,2-8,12H2,1H3. The molecule has 0 aromatic rings. The molecule has 2 aliphatic heterocycles. The number of hydrogen-bond donors (Lipinski definition) is 1. The molecule has 4 heteroatoms. The van der Waals surface area contributed by atoms with Crippen LogP contribution in [0.15, 0.2) is 0 Å². The first-order chi connectivity index (χ1) is 7.16. The van der Waals surface area contributed by atoms with Crippen molar-refractivity contribution in [2.45, 2.75) is 25.3 Å². The van der Waals surface area contributed by atoms with Gasteiger partial charge in [0.1, 0.15) is 0 Å². The van der Waals surface area contributed by atoms with Crippen molar-refractivity contribution in [1.82, 2.24) is 9.80 Å². The Balaban J connectivity index is 1.85. The summed E-state index contributed by atoms with van der Waals surface area (Å²) in [5, 5.41) is 0. The van der Waals surface area contributed by atoms with E-state index in [9.17, 15) is 4.79 Å². The molecule has 2 rings (SSSR count). The third kappa shape index (κ3) is 2.49. The highest BCUT2D eigenvalue weighted by atomic mass is 16.2. The van der Waals surface area contributed by atoms with Crippen molar-refractivity contribution < 1.29 is 4.79 Å². The minimum absolute atomic E-state index is 0.240. The molecule has 2 saturated heterocycles. The Labute approximate surface area is 91.4 Å². The smallest absolute Gasteiger partial charge is 0.227 e. The van der Waals surface area contributed by atoms with Crippen LogP contribution in [0.3, 0.4) is 0 Å². The van der Waals surface area contributed by atoms with Gasteiger partial charge in [0.2, 0.25) is 5.91 Å². The molecule has 2 heterocycles. The molecule has 1 atom stereocenters. The van der Waals surface area contributed by atoms with Gasteiger partial charge in [-0.3, -0.25) is 4.79 Å². The first kappa shape index (κ1) is 10.9. The number of piperidine rings is 1. The van der Waals surface area contributed by atoms with E-state index in [4.69, 9.17) is 5.73 Å². The van der Waals surface area contributed by atoms with E-state index in [0.717, 1.165) is 45.4 Å². The summed E-state index contributed by atoms with van der Waals surface area (Å²) in [5.41, 5.74) is 5.83. The summed E-state index contributed by atoms with van der Waals surface area (Å²) in [6.45, 7) is 3.71. The van der Waals surface area contributed by atoms with Gasteiger partial charge in [-0.25, -0.2) is 0 Å². The molecule has 1 amide bonds. The Morgan fingerprint density at radius 1 is 1.20 bits per heavy atom. The normalized spacial score (nSPS) is 29.7. The molecule has 15 heavy (non-hydrogen) atoms. The van der Waals surface area contributed by atoms with E-state index in [-0.39, 0.29) is 5.92 Å². The van der Waals surface area contributed by atoms with Crippen LogP contribution >= 0.6 is 0 Å². The number of hydrogen-bond acceptors (Lipinski definition) is 3. The number of likely N-dealkylation sites (tertiary alicyclic amines) is 2. The van der Waals surface area contributed by atoms with Gasteiger partial charge in [-0.2, -0.15) is 0 Å². The van der Waals surface area contributed by atoms with Crippen LogP contribution in [0.1, 0.15) is 19.3 Å². The molecule has 0 aromatic carbocycles. The Hall–Kier alpha value is -0.610. The van der Waals surface area contributed by atoms with Gasteiger partial charge in [0.05, 0.1) is 5.92 Å². The molecule has 2 N–H and O–H groups in total. The molecule has 0 aromatic heterocycles. The predicted molar refractivity (Wildman–Crippen MR) is 59.4 cm³/mol. The fraction of sp³-hybridized carbons (Fsp3) is 0.909. The van der Waals surface area contributed by atoms with Crippen molar-refractivity contribution in [3.05, 3.63) is 0 Å². The maximum atomic E-state index is 12.1. The molecular formula is C11H21N3O. The first-order valence-electron chi connectivity index (χ1n) is 5.89. The molecule has 4 nitrogen and oxygen atoms in total. The van der Waals surface area contributed by atoms with Crippen LogP contribution in [-0.2, 0) is 4.79 Å². The third-order valence-electron chi connectivity index (χ3n) is 3.59. The number of amides is 1. The number of rotatable bonds is 1. The summed E-state index contributed by atoms with van der Waals surface area (Å²) in [6.07, 6.45) is 2.96. The SMILES string of the molecule is CN1CCC(C(=O)N2CCC(N)CC2)C1. The molecule has 2 aliphatic rings. The minimum atomic E-state index is 0.240. The fourth-order valence-electron chi connectivity index (χ4n) is 2.51. The van der Waals surface area contributed by atoms with E-state index in [2.05, 4.69) is 11.9 Å². The maximum absolute atomic E-state index is 12.1. The second-order valence-electron chi connectivity index (χ2n) is 4.91. The highest BCUT2D eigenvalue weighted by Crippen LogP contribution is 2.19. The van der Waals surface area contributed by atoms with E-state index in [1.165, 1.54) is 0 Å². The Morgan fingerprint density at radius 2 is 1.87 bits per heavy atom. The van der Waals surface area contributed by atoms with Crippen LogP contribution in [0.2, 0.25) is 0 Å². The van der Waals surface area contributed by atoms with Gasteiger partial charge >= 0.3 is 0 Å². The Bertz CT molecular complexity index is 236. The number of carbonyl (C=O) groups excluding carboxylic acids is 1. The average Bonchev–Trinajstić information content (AvgIpc) is 2.65. The van der Waals surface area contributed by atoms with Gasteiger partial charge < -0.3 is 15.5 Å². The summed E-state index contributed by atoms with van der Waals surface area (Å²) in [4.78, 5) is 16.4. The molecule has 0 bridgehead atoms. The van der Waals surface area contributed by atoms with E-state index in [0.29, 0.717) is 11.9 Å². The largest absolute Gasteiger partial charge is 0.342 e. The van der Waals surface area contributed by atoms with Crippen molar-refractivity contribution in [2.75, 3.05) is 33.2 Å². The monoisotopic (exact) mass is 211 g/mol. The van der Waals surface area contributed by atoms with Gasteiger partial charge in [-0.15, -0.1) is 0 Å². The summed E-state index contributed by atoms with van der Waals surface area (Å²) >= 11 is 0. The quantitative estimate of drug-likeness (QED) is 0.658. The number of carbonyl (C=O) groups is 1. The maximum Gasteiger partial charge on any atom is 0.227 e. The number of nitrogens with zero attached hydrogens (tertiary/aromatic N) is 2. The van der Waals surface area contributed by atoms with Gasteiger partial charge in [0.25, 0.3) is 0 Å². The number of nitrogens with two attached hydrogens (primary N) is 1. The van der Waals surface area contributed by atoms with Crippen LogP contribution in [-0.4, -0.2) is 55.0 Å². The van der Waals surface area contributed by atoms with Crippen LogP contribution in [0.25, 0.3) is 0 Å². The first-order valence-corrected chi connectivity index (χ1v) is 5.89. The lowest BCUT2D eigenvalue weighted by molar-refractivity contribution is -0.136. The fourth-order valence-corrected chi connectivity index (χ4v) is 2.51. The zero-order valence-electron chi connectivity index (χ0n) is 9.48. The topological polar surface area (TPSA) is 49.6 Å². The molecule has 1 unspecified atom stereocenters. The van der Waals surface area contributed by atoms with Crippen LogP contribution in [0.4, 0.5) is 0 Å². The highest BCUT2D eigenvalue weighted by Gasteiger charge is 2.31. The zero-order valence-corrected chi connectivity index (χ0v) is 9.48. The molecule has 0 aliphatic carbocycles. The van der Waals surface area contributed by atoms with E-state index >= 15 is 0 Å². The van der Waals surface area contributed by atoms with Gasteiger partial charge in [-0.1, -0.05) is 0 Å². The van der Waals surface area contributed by atoms with Crippen molar-refractivity contribution >= 4 is 5.91 Å². The summed E-state index contributed by atoms with van der Waals surface area (Å²) < 4.78 is 0. The summed E-state index contributed by atoms with van der Waals surface area (Å²) in [5.74, 6) is 0.593. The summed E-state index contributed by atoms with van der Waals surface area (Å²) in [7, 11) is 2.08. The van der Waals surface area contributed by atoms with E-state index in [1.807, 2.05) is 4.90 Å². The van der Waals surface area contributed by atoms with Crippen molar-refractivity contribution in [2.24, 2.45) is 11.7 Å². The second kappa shape index (κ2) is 4.49. The predicted octanol–water partition coefficient (Wildman–Crippen LogP) is -0.112. The summed E-state index contributed by atoms with van der Waals surface area (Å²) in [6, 6.07) is 0.306. The third-order valence-corrected chi connectivity index (χ3v) is 3.59. The van der Waals surface area contributed by atoms with Crippen LogP contribution in [0.5, 0.6) is 0 Å². The van der Waals surface area contributed by atoms with E-state index < -0.39 is 0 Å². The minimum Gasteiger partial charge on any atom is -0.342 e.